The second-order valence-electron chi connectivity index (χ2n) is 4.29. The van der Waals surface area contributed by atoms with Crippen molar-refractivity contribution in [3.63, 3.8) is 0 Å². The number of carbonyl (C=O) groups is 1. The molecule has 1 rings (SSSR count). The number of aliphatic hydroxyl groups excluding tert-OH is 1. The Balaban J connectivity index is 2.71. The molecule has 0 radical (unpaired) electrons. The van der Waals surface area contributed by atoms with Gasteiger partial charge in [0.2, 0.25) is 0 Å². The van der Waals surface area contributed by atoms with Crippen LogP contribution in [0.3, 0.4) is 0 Å². The number of aliphatic hydroxyl groups is 1. The Labute approximate surface area is 95.7 Å². The summed E-state index contributed by atoms with van der Waals surface area (Å²) >= 11 is 0. The SMILES string of the molecule is C[C@@H](CO)Cc1ccc([C@@H](C)C(=O)O)cc1. The molecule has 0 aliphatic rings. The summed E-state index contributed by atoms with van der Waals surface area (Å²) in [5.74, 6) is -1.04. The molecule has 0 heterocycles. The van der Waals surface area contributed by atoms with E-state index in [1.807, 2.05) is 31.2 Å². The molecule has 0 spiro atoms. The first-order valence-electron chi connectivity index (χ1n) is 5.47. The zero-order valence-electron chi connectivity index (χ0n) is 9.68. The van der Waals surface area contributed by atoms with Crippen molar-refractivity contribution in [2.45, 2.75) is 26.2 Å². The molecule has 0 fully saturated rings. The largest absolute Gasteiger partial charge is 0.481 e. The molecule has 0 saturated carbocycles. The van der Waals surface area contributed by atoms with E-state index in [2.05, 4.69) is 0 Å². The molecule has 1 aromatic carbocycles. The van der Waals surface area contributed by atoms with Crippen LogP contribution in [0.5, 0.6) is 0 Å². The third-order valence-corrected chi connectivity index (χ3v) is 2.75. The van der Waals surface area contributed by atoms with Gasteiger partial charge in [-0.3, -0.25) is 4.79 Å². The maximum Gasteiger partial charge on any atom is 0.310 e. The molecule has 0 amide bonds. The Kier molecular flexibility index (Phi) is 4.50. The van der Waals surface area contributed by atoms with Crippen molar-refractivity contribution in [1.29, 1.82) is 0 Å². The predicted octanol–water partition coefficient (Wildman–Crippen LogP) is 2.05. The predicted molar refractivity (Wildman–Crippen MR) is 62.4 cm³/mol. The van der Waals surface area contributed by atoms with E-state index in [1.54, 1.807) is 6.92 Å². The smallest absolute Gasteiger partial charge is 0.310 e. The standard InChI is InChI=1S/C13H18O3/c1-9(8-14)7-11-3-5-12(6-4-11)10(2)13(15)16/h3-6,9-10,14H,7-8H2,1-2H3,(H,15,16)/t9-,10-/m1/s1. The third kappa shape index (κ3) is 3.35. The molecule has 2 atom stereocenters. The molecule has 3 nitrogen and oxygen atoms in total. The molecule has 1 aromatic rings. The van der Waals surface area contributed by atoms with Crippen molar-refractivity contribution >= 4 is 5.97 Å². The van der Waals surface area contributed by atoms with Crippen LogP contribution < -0.4 is 0 Å². The first-order chi connectivity index (χ1) is 7.54. The number of hydrogen-bond acceptors (Lipinski definition) is 2. The van der Waals surface area contributed by atoms with Crippen LogP contribution in [0, 0.1) is 5.92 Å². The zero-order valence-corrected chi connectivity index (χ0v) is 9.68. The third-order valence-electron chi connectivity index (χ3n) is 2.75. The van der Waals surface area contributed by atoms with Crippen LogP contribution in [0.25, 0.3) is 0 Å². The summed E-state index contributed by atoms with van der Waals surface area (Å²) in [6.45, 7) is 3.83. The lowest BCUT2D eigenvalue weighted by Gasteiger charge is -2.10. The number of benzene rings is 1. The maximum absolute atomic E-state index is 10.8. The Hall–Kier alpha value is -1.35. The second kappa shape index (κ2) is 5.66. The van der Waals surface area contributed by atoms with E-state index in [0.717, 1.165) is 17.5 Å². The van der Waals surface area contributed by atoms with Crippen LogP contribution in [0.1, 0.15) is 30.9 Å². The van der Waals surface area contributed by atoms with Crippen molar-refractivity contribution in [2.75, 3.05) is 6.61 Å². The quantitative estimate of drug-likeness (QED) is 0.801. The summed E-state index contributed by atoms with van der Waals surface area (Å²) in [7, 11) is 0. The molecular formula is C13H18O3. The van der Waals surface area contributed by atoms with Gasteiger partial charge in [0, 0.05) is 6.61 Å². The first-order valence-corrected chi connectivity index (χ1v) is 5.47. The van der Waals surface area contributed by atoms with Gasteiger partial charge in [0.15, 0.2) is 0 Å². The molecule has 0 saturated heterocycles. The molecule has 88 valence electrons. The number of hydrogen-bond donors (Lipinski definition) is 2. The minimum atomic E-state index is -0.809. The highest BCUT2D eigenvalue weighted by molar-refractivity contribution is 5.75. The van der Waals surface area contributed by atoms with E-state index >= 15 is 0 Å². The lowest BCUT2D eigenvalue weighted by atomic mass is 9.96. The van der Waals surface area contributed by atoms with Crippen molar-refractivity contribution in [3.8, 4) is 0 Å². The van der Waals surface area contributed by atoms with Gasteiger partial charge in [0.25, 0.3) is 0 Å². The molecule has 0 unspecified atom stereocenters. The van der Waals surface area contributed by atoms with E-state index in [4.69, 9.17) is 10.2 Å². The highest BCUT2D eigenvalue weighted by atomic mass is 16.4. The van der Waals surface area contributed by atoms with Gasteiger partial charge in [-0.05, 0) is 30.4 Å². The lowest BCUT2D eigenvalue weighted by molar-refractivity contribution is -0.138. The fraction of sp³-hybridized carbons (Fsp3) is 0.462. The molecular weight excluding hydrogens is 204 g/mol. The topological polar surface area (TPSA) is 57.5 Å². The Morgan fingerprint density at radius 1 is 1.25 bits per heavy atom. The van der Waals surface area contributed by atoms with Crippen LogP contribution in [0.2, 0.25) is 0 Å². The van der Waals surface area contributed by atoms with Gasteiger partial charge < -0.3 is 10.2 Å². The number of aliphatic carboxylic acids is 1. The number of carboxylic acid groups (broad SMARTS) is 1. The minimum absolute atomic E-state index is 0.174. The summed E-state index contributed by atoms with van der Waals surface area (Å²) in [5.41, 5.74) is 1.94. The van der Waals surface area contributed by atoms with Crippen LogP contribution >= 0.6 is 0 Å². The maximum atomic E-state index is 10.8. The summed E-state index contributed by atoms with van der Waals surface area (Å²) in [6.07, 6.45) is 0.818. The van der Waals surface area contributed by atoms with Gasteiger partial charge in [-0.15, -0.1) is 0 Å². The van der Waals surface area contributed by atoms with Gasteiger partial charge in [0.1, 0.15) is 0 Å². The average Bonchev–Trinajstić information content (AvgIpc) is 2.28. The van der Waals surface area contributed by atoms with Gasteiger partial charge in [-0.1, -0.05) is 31.2 Å². The Morgan fingerprint density at radius 3 is 2.25 bits per heavy atom. The summed E-state index contributed by atoms with van der Waals surface area (Å²) < 4.78 is 0. The van der Waals surface area contributed by atoms with Crippen molar-refractivity contribution in [3.05, 3.63) is 35.4 Å². The fourth-order valence-electron chi connectivity index (χ4n) is 1.55. The number of carboxylic acids is 1. The molecule has 0 bridgehead atoms. The summed E-state index contributed by atoms with van der Waals surface area (Å²) in [5, 5.41) is 17.8. The van der Waals surface area contributed by atoms with Gasteiger partial charge >= 0.3 is 5.97 Å². The number of rotatable bonds is 5. The fourth-order valence-corrected chi connectivity index (χ4v) is 1.55. The monoisotopic (exact) mass is 222 g/mol. The van der Waals surface area contributed by atoms with E-state index in [9.17, 15) is 4.79 Å². The molecule has 3 heteroatoms. The first kappa shape index (κ1) is 12.7. The van der Waals surface area contributed by atoms with Crippen LogP contribution in [0.15, 0.2) is 24.3 Å². The van der Waals surface area contributed by atoms with E-state index in [0.29, 0.717) is 0 Å². The van der Waals surface area contributed by atoms with Crippen LogP contribution in [0.4, 0.5) is 0 Å². The highest BCUT2D eigenvalue weighted by Gasteiger charge is 2.13. The normalized spacial score (nSPS) is 14.4. The minimum Gasteiger partial charge on any atom is -0.481 e. The Bertz CT molecular complexity index is 343. The molecule has 2 N–H and O–H groups in total. The molecule has 0 aromatic heterocycles. The Morgan fingerprint density at radius 2 is 1.81 bits per heavy atom. The van der Waals surface area contributed by atoms with Crippen molar-refractivity contribution in [1.82, 2.24) is 0 Å². The summed E-state index contributed by atoms with van der Waals surface area (Å²) in [4.78, 5) is 10.8. The summed E-state index contributed by atoms with van der Waals surface area (Å²) in [6, 6.07) is 7.55. The average molecular weight is 222 g/mol. The molecule has 0 aliphatic carbocycles. The van der Waals surface area contributed by atoms with Crippen LogP contribution in [-0.2, 0) is 11.2 Å². The highest BCUT2D eigenvalue weighted by Crippen LogP contribution is 2.17. The van der Waals surface area contributed by atoms with Crippen LogP contribution in [-0.4, -0.2) is 22.8 Å². The lowest BCUT2D eigenvalue weighted by Crippen LogP contribution is -2.08. The second-order valence-corrected chi connectivity index (χ2v) is 4.29. The zero-order chi connectivity index (χ0) is 12.1. The van der Waals surface area contributed by atoms with E-state index < -0.39 is 11.9 Å². The van der Waals surface area contributed by atoms with Crippen molar-refractivity contribution in [2.24, 2.45) is 5.92 Å². The van der Waals surface area contributed by atoms with E-state index in [1.165, 1.54) is 0 Å². The van der Waals surface area contributed by atoms with E-state index in [-0.39, 0.29) is 12.5 Å². The van der Waals surface area contributed by atoms with Gasteiger partial charge in [-0.2, -0.15) is 0 Å². The molecule has 0 aliphatic heterocycles. The van der Waals surface area contributed by atoms with Gasteiger partial charge in [0.05, 0.1) is 5.92 Å². The molecule has 16 heavy (non-hydrogen) atoms. The van der Waals surface area contributed by atoms with Gasteiger partial charge in [-0.25, -0.2) is 0 Å². The van der Waals surface area contributed by atoms with Crippen molar-refractivity contribution < 1.29 is 15.0 Å².